The van der Waals surface area contributed by atoms with Crippen LogP contribution in [0.5, 0.6) is 0 Å². The predicted molar refractivity (Wildman–Crippen MR) is 146 cm³/mol. The Morgan fingerprint density at radius 3 is 2.46 bits per heavy atom. The molecule has 2 aromatic carbocycles. The summed E-state index contributed by atoms with van der Waals surface area (Å²) in [6.45, 7) is 11.9. The topological polar surface area (TPSA) is 17.0 Å². The van der Waals surface area contributed by atoms with Gasteiger partial charge in [0.05, 0.1) is 5.56 Å². The van der Waals surface area contributed by atoms with Crippen LogP contribution >= 0.6 is 0 Å². The molecular formula is C33H40NO+. The Kier molecular flexibility index (Phi) is 5.18. The number of benzene rings is 2. The fourth-order valence-corrected chi connectivity index (χ4v) is 7.04. The van der Waals surface area contributed by atoms with E-state index in [2.05, 4.69) is 88.8 Å². The molecule has 2 nitrogen and oxygen atoms in total. The van der Waals surface area contributed by atoms with Crippen molar-refractivity contribution in [2.75, 3.05) is 0 Å². The lowest BCUT2D eigenvalue weighted by atomic mass is 9.62. The van der Waals surface area contributed by atoms with E-state index in [0.717, 1.165) is 17.1 Å². The van der Waals surface area contributed by atoms with Crippen LogP contribution in [0.25, 0.3) is 33.2 Å². The highest BCUT2D eigenvalue weighted by atomic mass is 16.3. The number of furan rings is 1. The van der Waals surface area contributed by atoms with E-state index in [-0.39, 0.29) is 10.8 Å². The number of rotatable bonds is 3. The summed E-state index contributed by atoms with van der Waals surface area (Å²) in [5, 5.41) is 2.60. The lowest BCUT2D eigenvalue weighted by molar-refractivity contribution is -0.660. The van der Waals surface area contributed by atoms with Crippen molar-refractivity contribution >= 4 is 21.9 Å². The summed E-state index contributed by atoms with van der Waals surface area (Å²) in [5.74, 6) is 0.843. The Bertz CT molecular complexity index is 1450. The molecule has 1 saturated carbocycles. The van der Waals surface area contributed by atoms with Crippen LogP contribution in [-0.4, -0.2) is 0 Å². The van der Waals surface area contributed by atoms with Gasteiger partial charge in [-0.3, -0.25) is 0 Å². The summed E-state index contributed by atoms with van der Waals surface area (Å²) in [4.78, 5) is 0. The smallest absolute Gasteiger partial charge is 0.216 e. The Morgan fingerprint density at radius 2 is 1.69 bits per heavy atom. The van der Waals surface area contributed by atoms with Crippen molar-refractivity contribution in [3.8, 4) is 11.3 Å². The molecule has 0 unspecified atom stereocenters. The van der Waals surface area contributed by atoms with Gasteiger partial charge < -0.3 is 4.42 Å². The molecule has 35 heavy (non-hydrogen) atoms. The number of nitrogens with zero attached hydrogens (tertiary/aromatic N) is 1. The van der Waals surface area contributed by atoms with Gasteiger partial charge in [0.15, 0.2) is 6.20 Å². The third-order valence-electron chi connectivity index (χ3n) is 9.26. The SMILES string of the molecule is Cc1ccc2c(oc3ccc4c(c32)C(C)(C)CCC4(C)C)c1-c1cc(CC2CCCC2)cc[n+]1C. The van der Waals surface area contributed by atoms with Crippen molar-refractivity contribution in [1.29, 1.82) is 0 Å². The van der Waals surface area contributed by atoms with Crippen molar-refractivity contribution in [3.63, 3.8) is 0 Å². The van der Waals surface area contributed by atoms with Gasteiger partial charge in [0.1, 0.15) is 18.2 Å². The first-order valence-corrected chi connectivity index (χ1v) is 13.6. The molecule has 2 aliphatic rings. The van der Waals surface area contributed by atoms with Gasteiger partial charge in [-0.15, -0.1) is 0 Å². The van der Waals surface area contributed by atoms with E-state index in [1.165, 1.54) is 89.2 Å². The van der Waals surface area contributed by atoms with Gasteiger partial charge in [-0.2, -0.15) is 0 Å². The third kappa shape index (κ3) is 3.63. The second-order valence-corrected chi connectivity index (χ2v) is 12.8. The molecule has 4 aromatic rings. The maximum atomic E-state index is 6.76. The van der Waals surface area contributed by atoms with Crippen molar-refractivity contribution in [2.24, 2.45) is 13.0 Å². The highest BCUT2D eigenvalue weighted by Crippen LogP contribution is 2.51. The van der Waals surface area contributed by atoms with Crippen LogP contribution in [0.15, 0.2) is 47.0 Å². The van der Waals surface area contributed by atoms with Crippen LogP contribution in [-0.2, 0) is 24.3 Å². The van der Waals surface area contributed by atoms with Gasteiger partial charge in [-0.25, -0.2) is 4.57 Å². The Morgan fingerprint density at radius 1 is 0.943 bits per heavy atom. The van der Waals surface area contributed by atoms with Crippen molar-refractivity contribution in [2.45, 2.75) is 90.4 Å². The molecule has 6 rings (SSSR count). The second-order valence-electron chi connectivity index (χ2n) is 12.8. The third-order valence-corrected chi connectivity index (χ3v) is 9.26. The number of fused-ring (bicyclic) bond motifs is 5. The zero-order valence-electron chi connectivity index (χ0n) is 22.4. The van der Waals surface area contributed by atoms with Crippen LogP contribution < -0.4 is 4.57 Å². The van der Waals surface area contributed by atoms with Crippen molar-refractivity contribution in [1.82, 2.24) is 0 Å². The molecule has 0 atom stereocenters. The number of aromatic nitrogens is 1. The monoisotopic (exact) mass is 466 g/mol. The van der Waals surface area contributed by atoms with E-state index < -0.39 is 0 Å². The molecule has 2 heterocycles. The molecule has 0 aliphatic heterocycles. The van der Waals surface area contributed by atoms with Crippen molar-refractivity contribution in [3.05, 3.63) is 64.8 Å². The zero-order valence-corrected chi connectivity index (χ0v) is 22.4. The van der Waals surface area contributed by atoms with Gasteiger partial charge in [0.25, 0.3) is 0 Å². The summed E-state index contributed by atoms with van der Waals surface area (Å²) >= 11 is 0. The van der Waals surface area contributed by atoms with E-state index >= 15 is 0 Å². The minimum absolute atomic E-state index is 0.137. The summed E-state index contributed by atoms with van der Waals surface area (Å²) in [5.41, 5.74) is 10.6. The van der Waals surface area contributed by atoms with Crippen LogP contribution in [0.1, 0.15) is 88.5 Å². The average Bonchev–Trinajstić information content (AvgIpc) is 3.45. The maximum Gasteiger partial charge on any atom is 0.216 e. The number of hydrogen-bond acceptors (Lipinski definition) is 1. The minimum atomic E-state index is 0.137. The number of aryl methyl sites for hydroxylation is 2. The van der Waals surface area contributed by atoms with Gasteiger partial charge in [-0.05, 0) is 71.3 Å². The lowest BCUT2D eigenvalue weighted by Crippen LogP contribution is -2.33. The predicted octanol–water partition coefficient (Wildman–Crippen LogP) is 8.47. The largest absolute Gasteiger partial charge is 0.455 e. The van der Waals surface area contributed by atoms with E-state index in [1.807, 2.05) is 0 Å². The van der Waals surface area contributed by atoms with E-state index in [4.69, 9.17) is 4.42 Å². The van der Waals surface area contributed by atoms with Crippen LogP contribution in [0.2, 0.25) is 0 Å². The fraction of sp³-hybridized carbons (Fsp3) is 0.485. The molecule has 0 N–H and O–H groups in total. The molecule has 0 radical (unpaired) electrons. The molecule has 0 bridgehead atoms. The molecular weight excluding hydrogens is 426 g/mol. The highest BCUT2D eigenvalue weighted by molar-refractivity contribution is 6.12. The van der Waals surface area contributed by atoms with Gasteiger partial charge in [-0.1, -0.05) is 71.6 Å². The quantitative estimate of drug-likeness (QED) is 0.277. The van der Waals surface area contributed by atoms with Crippen LogP contribution in [0, 0.1) is 12.8 Å². The summed E-state index contributed by atoms with van der Waals surface area (Å²) < 4.78 is 9.03. The van der Waals surface area contributed by atoms with Gasteiger partial charge >= 0.3 is 0 Å². The van der Waals surface area contributed by atoms with Crippen LogP contribution in [0.3, 0.4) is 0 Å². The first-order chi connectivity index (χ1) is 16.7. The summed E-state index contributed by atoms with van der Waals surface area (Å²) in [6, 6.07) is 13.9. The average molecular weight is 467 g/mol. The second kappa shape index (κ2) is 7.95. The van der Waals surface area contributed by atoms with E-state index in [9.17, 15) is 0 Å². The summed E-state index contributed by atoms with van der Waals surface area (Å²) in [7, 11) is 2.17. The molecule has 182 valence electrons. The normalized spacial score (nSPS) is 19.5. The Labute approximate surface area is 210 Å². The first kappa shape index (κ1) is 22.8. The Hall–Kier alpha value is -2.61. The van der Waals surface area contributed by atoms with Gasteiger partial charge in [0.2, 0.25) is 5.69 Å². The number of pyridine rings is 1. The van der Waals surface area contributed by atoms with E-state index in [0.29, 0.717) is 0 Å². The molecule has 2 aromatic heterocycles. The molecule has 2 aliphatic carbocycles. The standard InChI is InChI=1S/C33H40NO/c1-21-11-12-24-29-27(14-13-25-30(29)33(4,5)17-16-32(25,2)3)35-31(24)28(21)26-20-23(15-18-34(26)6)19-22-9-7-8-10-22/h11-15,18,20,22H,7-10,16-17,19H2,1-6H3/q+1. The molecule has 0 spiro atoms. The van der Waals surface area contributed by atoms with Gasteiger partial charge in [0, 0.05) is 22.9 Å². The maximum absolute atomic E-state index is 6.76. The zero-order chi connectivity index (χ0) is 24.5. The highest BCUT2D eigenvalue weighted by Gasteiger charge is 2.39. The fourth-order valence-electron chi connectivity index (χ4n) is 7.04. The van der Waals surface area contributed by atoms with Crippen LogP contribution in [0.4, 0.5) is 0 Å². The molecule has 0 saturated heterocycles. The summed E-state index contributed by atoms with van der Waals surface area (Å²) in [6.07, 6.45) is 11.4. The molecule has 2 heteroatoms. The minimum Gasteiger partial charge on any atom is -0.455 e. The van der Waals surface area contributed by atoms with Crippen molar-refractivity contribution < 1.29 is 8.98 Å². The number of hydrogen-bond donors (Lipinski definition) is 0. The molecule has 1 fully saturated rings. The first-order valence-electron chi connectivity index (χ1n) is 13.6. The lowest BCUT2D eigenvalue weighted by Gasteiger charge is -2.42. The Balaban J connectivity index is 1.60. The van der Waals surface area contributed by atoms with E-state index in [1.54, 1.807) is 0 Å². The molecule has 0 amide bonds.